The molecule has 94 valence electrons. The first-order valence-corrected chi connectivity index (χ1v) is 6.38. The molecular formula is C12H18ClN3O. The fourth-order valence-corrected chi connectivity index (χ4v) is 2.56. The van der Waals surface area contributed by atoms with Crippen molar-refractivity contribution < 1.29 is 4.74 Å². The van der Waals surface area contributed by atoms with Crippen LogP contribution in [0.15, 0.2) is 6.07 Å². The van der Waals surface area contributed by atoms with Crippen molar-refractivity contribution in [1.82, 2.24) is 9.97 Å². The van der Waals surface area contributed by atoms with Crippen LogP contribution in [0.2, 0.25) is 0 Å². The van der Waals surface area contributed by atoms with E-state index in [0.29, 0.717) is 23.0 Å². The molecule has 4 nitrogen and oxygen atoms in total. The van der Waals surface area contributed by atoms with Gasteiger partial charge < -0.3 is 10.1 Å². The number of anilines is 1. The minimum absolute atomic E-state index is 0.350. The molecule has 2 atom stereocenters. The predicted molar refractivity (Wildman–Crippen MR) is 68.8 cm³/mol. The molecule has 1 saturated carbocycles. The Bertz CT molecular complexity index is 386. The Morgan fingerprint density at radius 1 is 1.47 bits per heavy atom. The zero-order valence-electron chi connectivity index (χ0n) is 10.2. The van der Waals surface area contributed by atoms with Gasteiger partial charge in [-0.25, -0.2) is 4.98 Å². The molecule has 2 unspecified atom stereocenters. The summed E-state index contributed by atoms with van der Waals surface area (Å²) in [6.45, 7) is 2.78. The highest BCUT2D eigenvalue weighted by molar-refractivity contribution is 6.20. The largest absolute Gasteiger partial charge is 0.481 e. The monoisotopic (exact) mass is 255 g/mol. The topological polar surface area (TPSA) is 47.0 Å². The molecule has 1 aromatic heterocycles. The van der Waals surface area contributed by atoms with Crippen LogP contribution in [-0.4, -0.2) is 29.0 Å². The second-order valence-electron chi connectivity index (χ2n) is 4.50. The van der Waals surface area contributed by atoms with Gasteiger partial charge in [0.05, 0.1) is 7.11 Å². The summed E-state index contributed by atoms with van der Waals surface area (Å²) in [5, 5.41) is 3.68. The number of halogens is 1. The number of rotatable bonds is 4. The summed E-state index contributed by atoms with van der Waals surface area (Å²) in [7, 11) is 1.61. The van der Waals surface area contributed by atoms with E-state index >= 15 is 0 Å². The van der Waals surface area contributed by atoms with E-state index in [0.717, 1.165) is 25.2 Å². The van der Waals surface area contributed by atoms with Crippen LogP contribution >= 0.6 is 11.6 Å². The maximum absolute atomic E-state index is 6.09. The maximum Gasteiger partial charge on any atom is 0.218 e. The van der Waals surface area contributed by atoms with Crippen LogP contribution in [-0.2, 0) is 0 Å². The van der Waals surface area contributed by atoms with Crippen molar-refractivity contribution in [3.8, 4) is 5.88 Å². The Labute approximate surface area is 107 Å². The summed E-state index contributed by atoms with van der Waals surface area (Å²) >= 11 is 6.09. The fraction of sp³-hybridized carbons (Fsp3) is 0.667. The number of nitrogens with one attached hydrogen (secondary N) is 1. The molecule has 0 aliphatic heterocycles. The normalized spacial score (nSPS) is 23.7. The van der Waals surface area contributed by atoms with Gasteiger partial charge in [-0.2, -0.15) is 4.98 Å². The summed E-state index contributed by atoms with van der Waals surface area (Å²) in [5.74, 6) is 2.79. The molecule has 5 heteroatoms. The van der Waals surface area contributed by atoms with E-state index in [-0.39, 0.29) is 0 Å². The van der Waals surface area contributed by atoms with Crippen molar-refractivity contribution in [3.05, 3.63) is 11.9 Å². The van der Waals surface area contributed by atoms with Gasteiger partial charge in [0.1, 0.15) is 11.6 Å². The second kappa shape index (κ2) is 5.54. The van der Waals surface area contributed by atoms with Crippen molar-refractivity contribution in [2.75, 3.05) is 19.0 Å². The first-order valence-electron chi connectivity index (χ1n) is 5.95. The molecule has 2 rings (SSSR count). The Balaban J connectivity index is 1.92. The van der Waals surface area contributed by atoms with Crippen LogP contribution in [0.4, 0.5) is 5.82 Å². The third-order valence-corrected chi connectivity index (χ3v) is 3.47. The molecule has 0 spiro atoms. The van der Waals surface area contributed by atoms with Crippen molar-refractivity contribution >= 4 is 17.4 Å². The number of ether oxygens (including phenoxy) is 1. The average molecular weight is 256 g/mol. The lowest BCUT2D eigenvalue weighted by molar-refractivity contribution is 0.396. The lowest BCUT2D eigenvalue weighted by Crippen LogP contribution is -2.13. The lowest BCUT2D eigenvalue weighted by Gasteiger charge is -2.12. The summed E-state index contributed by atoms with van der Waals surface area (Å²) in [6, 6.07) is 1.82. The van der Waals surface area contributed by atoms with Crippen LogP contribution in [0.1, 0.15) is 25.1 Å². The SMILES string of the molecule is COc1cc(NCC2CCC(Cl)C2)nc(C)n1. The zero-order valence-corrected chi connectivity index (χ0v) is 11.0. The number of aryl methyl sites for hydroxylation is 1. The Hall–Kier alpha value is -1.03. The van der Waals surface area contributed by atoms with Crippen LogP contribution in [0.3, 0.4) is 0 Å². The lowest BCUT2D eigenvalue weighted by atomic mass is 10.1. The van der Waals surface area contributed by atoms with Crippen molar-refractivity contribution in [3.63, 3.8) is 0 Å². The standard InChI is InChI=1S/C12H18ClN3O/c1-8-15-11(6-12(16-8)17-2)14-7-9-3-4-10(13)5-9/h6,9-10H,3-5,7H2,1-2H3,(H,14,15,16). The van der Waals surface area contributed by atoms with E-state index in [1.807, 2.05) is 13.0 Å². The van der Waals surface area contributed by atoms with Crippen LogP contribution in [0, 0.1) is 12.8 Å². The zero-order chi connectivity index (χ0) is 12.3. The van der Waals surface area contributed by atoms with Gasteiger partial charge >= 0.3 is 0 Å². The summed E-state index contributed by atoms with van der Waals surface area (Å²) in [4.78, 5) is 8.48. The first kappa shape index (κ1) is 12.4. The first-order chi connectivity index (χ1) is 8.17. The smallest absolute Gasteiger partial charge is 0.218 e. The maximum atomic E-state index is 6.09. The molecule has 1 aliphatic rings. The van der Waals surface area contributed by atoms with E-state index in [4.69, 9.17) is 16.3 Å². The van der Waals surface area contributed by atoms with Gasteiger partial charge in [-0.15, -0.1) is 11.6 Å². The molecule has 1 aromatic rings. The molecule has 1 N–H and O–H groups in total. The van der Waals surface area contributed by atoms with E-state index in [1.54, 1.807) is 7.11 Å². The third kappa shape index (κ3) is 3.46. The van der Waals surface area contributed by atoms with E-state index in [1.165, 1.54) is 6.42 Å². The highest BCUT2D eigenvalue weighted by Crippen LogP contribution is 2.29. The van der Waals surface area contributed by atoms with Gasteiger partial charge in [-0.1, -0.05) is 0 Å². The number of aromatic nitrogens is 2. The minimum atomic E-state index is 0.350. The molecule has 0 radical (unpaired) electrons. The van der Waals surface area contributed by atoms with E-state index in [9.17, 15) is 0 Å². The van der Waals surface area contributed by atoms with Crippen molar-refractivity contribution in [2.45, 2.75) is 31.6 Å². The Morgan fingerprint density at radius 2 is 2.29 bits per heavy atom. The molecular weight excluding hydrogens is 238 g/mol. The summed E-state index contributed by atoms with van der Waals surface area (Å²) in [6.07, 6.45) is 3.41. The molecule has 0 aromatic carbocycles. The van der Waals surface area contributed by atoms with Gasteiger partial charge in [0.15, 0.2) is 0 Å². The second-order valence-corrected chi connectivity index (χ2v) is 5.12. The van der Waals surface area contributed by atoms with Crippen LogP contribution in [0.25, 0.3) is 0 Å². The molecule has 0 saturated heterocycles. The number of alkyl halides is 1. The van der Waals surface area contributed by atoms with Crippen molar-refractivity contribution in [2.24, 2.45) is 5.92 Å². The third-order valence-electron chi connectivity index (χ3n) is 3.07. The van der Waals surface area contributed by atoms with E-state index < -0.39 is 0 Å². The number of hydrogen-bond acceptors (Lipinski definition) is 4. The van der Waals surface area contributed by atoms with E-state index in [2.05, 4.69) is 15.3 Å². The molecule has 0 bridgehead atoms. The van der Waals surface area contributed by atoms with Gasteiger partial charge in [0, 0.05) is 18.0 Å². The van der Waals surface area contributed by atoms with Crippen molar-refractivity contribution in [1.29, 1.82) is 0 Å². The van der Waals surface area contributed by atoms with Gasteiger partial charge in [0.2, 0.25) is 5.88 Å². The fourth-order valence-electron chi connectivity index (χ4n) is 2.18. The molecule has 1 heterocycles. The quantitative estimate of drug-likeness (QED) is 0.841. The molecule has 17 heavy (non-hydrogen) atoms. The van der Waals surface area contributed by atoms with Crippen LogP contribution in [0.5, 0.6) is 5.88 Å². The summed E-state index contributed by atoms with van der Waals surface area (Å²) in [5.41, 5.74) is 0. The minimum Gasteiger partial charge on any atom is -0.481 e. The van der Waals surface area contributed by atoms with Gasteiger partial charge in [-0.3, -0.25) is 0 Å². The highest BCUT2D eigenvalue weighted by Gasteiger charge is 2.22. The highest BCUT2D eigenvalue weighted by atomic mass is 35.5. The molecule has 0 amide bonds. The molecule has 1 fully saturated rings. The van der Waals surface area contributed by atoms with Gasteiger partial charge in [0.25, 0.3) is 0 Å². The predicted octanol–water partition coefficient (Wildman–Crippen LogP) is 2.61. The summed E-state index contributed by atoms with van der Waals surface area (Å²) < 4.78 is 5.11. The average Bonchev–Trinajstić information content (AvgIpc) is 2.72. The Kier molecular flexibility index (Phi) is 4.05. The Morgan fingerprint density at radius 3 is 2.94 bits per heavy atom. The number of hydrogen-bond donors (Lipinski definition) is 1. The van der Waals surface area contributed by atoms with Crippen LogP contribution < -0.4 is 10.1 Å². The van der Waals surface area contributed by atoms with Gasteiger partial charge in [-0.05, 0) is 32.1 Å². The number of methoxy groups -OCH3 is 1. The molecule has 1 aliphatic carbocycles. The number of nitrogens with zero attached hydrogens (tertiary/aromatic N) is 2.